The van der Waals surface area contributed by atoms with E-state index >= 15 is 0 Å². The number of carboxylic acid groups (broad SMARTS) is 1. The number of nitrogens with zero attached hydrogens (tertiary/aromatic N) is 5. The summed E-state index contributed by atoms with van der Waals surface area (Å²) < 4.78 is 1.79. The number of anilines is 2. The van der Waals surface area contributed by atoms with E-state index in [2.05, 4.69) is 32.9 Å². The van der Waals surface area contributed by atoms with Gasteiger partial charge in [0.15, 0.2) is 22.1 Å². The Kier molecular flexibility index (Phi) is 6.86. The molecule has 2 heterocycles. The van der Waals surface area contributed by atoms with E-state index in [0.717, 1.165) is 30.8 Å². The fourth-order valence-corrected chi connectivity index (χ4v) is 4.48. The number of aromatic nitrogens is 5. The number of rotatable bonds is 10. The van der Waals surface area contributed by atoms with Crippen LogP contribution in [0.5, 0.6) is 0 Å². The average Bonchev–Trinajstić information content (AvgIpc) is 3.43. The van der Waals surface area contributed by atoms with Gasteiger partial charge in [-0.05, 0) is 37.8 Å². The molecule has 0 radical (unpaired) electrons. The Labute approximate surface area is 185 Å². The van der Waals surface area contributed by atoms with E-state index in [9.17, 15) is 9.90 Å². The zero-order valence-corrected chi connectivity index (χ0v) is 18.3. The molecule has 1 aliphatic carbocycles. The van der Waals surface area contributed by atoms with Crippen molar-refractivity contribution in [1.29, 1.82) is 0 Å². The van der Waals surface area contributed by atoms with Crippen molar-refractivity contribution in [2.24, 2.45) is 5.92 Å². The third kappa shape index (κ3) is 5.07. The lowest BCUT2D eigenvalue weighted by Gasteiger charge is -2.12. The van der Waals surface area contributed by atoms with Crippen LogP contribution < -0.4 is 10.6 Å². The highest BCUT2D eigenvalue weighted by atomic mass is 32.2. The number of hydrogen-bond acceptors (Lipinski definition) is 8. The fourth-order valence-electron chi connectivity index (χ4n) is 3.79. The molecule has 0 amide bonds. The Morgan fingerprint density at radius 3 is 2.74 bits per heavy atom. The topological polar surface area (TPSA) is 118 Å². The third-order valence-corrected chi connectivity index (χ3v) is 6.41. The van der Waals surface area contributed by atoms with Crippen LogP contribution in [-0.4, -0.2) is 54.9 Å². The van der Waals surface area contributed by atoms with E-state index in [1.54, 1.807) is 16.4 Å². The highest BCUT2D eigenvalue weighted by Crippen LogP contribution is 2.36. The number of nitrogens with one attached hydrogen (secondary N) is 2. The molecule has 3 aromatic rings. The van der Waals surface area contributed by atoms with Gasteiger partial charge in [-0.2, -0.15) is 0 Å². The first-order chi connectivity index (χ1) is 15.2. The molecule has 9 nitrogen and oxygen atoms in total. The van der Waals surface area contributed by atoms with Gasteiger partial charge in [0.1, 0.15) is 0 Å². The molecule has 3 N–H and O–H groups in total. The molecule has 164 valence electrons. The molecule has 1 fully saturated rings. The second kappa shape index (κ2) is 9.95. The number of fused-ring (bicyclic) bond motifs is 1. The first-order valence-electron chi connectivity index (χ1n) is 10.7. The zero-order valence-electron chi connectivity index (χ0n) is 17.5. The maximum absolute atomic E-state index is 11.4. The zero-order chi connectivity index (χ0) is 21.6. The normalized spacial score (nSPS) is 18.4. The number of thioether (sulfide) groups is 1. The molecular weight excluding hydrogens is 414 g/mol. The number of carboxylic acids is 1. The summed E-state index contributed by atoms with van der Waals surface area (Å²) in [6.45, 7) is 3.51. The van der Waals surface area contributed by atoms with Crippen LogP contribution in [0.25, 0.3) is 11.2 Å². The Hall–Kier alpha value is -2.88. The van der Waals surface area contributed by atoms with Gasteiger partial charge in [-0.15, -0.1) is 5.10 Å². The lowest BCUT2D eigenvalue weighted by molar-refractivity contribution is -0.141. The van der Waals surface area contributed by atoms with Gasteiger partial charge in [0, 0.05) is 24.5 Å². The minimum Gasteiger partial charge on any atom is -0.481 e. The monoisotopic (exact) mass is 441 g/mol. The van der Waals surface area contributed by atoms with Crippen LogP contribution in [0.4, 0.5) is 11.5 Å². The van der Waals surface area contributed by atoms with Crippen molar-refractivity contribution in [1.82, 2.24) is 25.0 Å². The molecule has 0 bridgehead atoms. The summed E-state index contributed by atoms with van der Waals surface area (Å²) in [5, 5.41) is 25.4. The molecule has 0 saturated heterocycles. The maximum atomic E-state index is 11.4. The molecule has 2 unspecified atom stereocenters. The number of hydrogen-bond donors (Lipinski definition) is 3. The van der Waals surface area contributed by atoms with Crippen LogP contribution >= 0.6 is 11.8 Å². The summed E-state index contributed by atoms with van der Waals surface area (Å²) in [7, 11) is 0. The minimum absolute atomic E-state index is 0.00220. The van der Waals surface area contributed by atoms with Crippen molar-refractivity contribution in [2.75, 3.05) is 29.5 Å². The number of carbonyl (C=O) groups is 1. The Morgan fingerprint density at radius 2 is 2.00 bits per heavy atom. The standard InChI is InChI=1S/C21H27N7O2S/c1-2-12-31-21-24-18(23-11-10-22-15-6-4-3-5-7-15)17-19(25-21)28(27-26-17)16-9-8-14(13-16)20(29)30/h3-7,14,16,22H,2,8-13H2,1H3,(H,29,30)(H,23,24,25). The van der Waals surface area contributed by atoms with Gasteiger partial charge in [0.2, 0.25) is 0 Å². The van der Waals surface area contributed by atoms with Crippen molar-refractivity contribution < 1.29 is 9.90 Å². The quantitative estimate of drug-likeness (QED) is 0.246. The van der Waals surface area contributed by atoms with E-state index in [1.165, 1.54) is 0 Å². The van der Waals surface area contributed by atoms with E-state index in [4.69, 9.17) is 4.98 Å². The average molecular weight is 442 g/mol. The lowest BCUT2D eigenvalue weighted by Crippen LogP contribution is -2.15. The molecule has 0 spiro atoms. The molecular formula is C21H27N7O2S. The fraction of sp³-hybridized carbons (Fsp3) is 0.476. The van der Waals surface area contributed by atoms with Crippen molar-refractivity contribution >= 4 is 40.4 Å². The molecule has 31 heavy (non-hydrogen) atoms. The molecule has 2 aromatic heterocycles. The second-order valence-electron chi connectivity index (χ2n) is 7.63. The van der Waals surface area contributed by atoms with Crippen molar-refractivity contribution in [3.63, 3.8) is 0 Å². The Bertz CT molecular complexity index is 1030. The van der Waals surface area contributed by atoms with Crippen molar-refractivity contribution in [2.45, 2.75) is 43.8 Å². The van der Waals surface area contributed by atoms with Gasteiger partial charge in [-0.25, -0.2) is 14.6 Å². The van der Waals surface area contributed by atoms with Gasteiger partial charge in [0.05, 0.1) is 12.0 Å². The number of aliphatic carboxylic acids is 1. The van der Waals surface area contributed by atoms with Crippen LogP contribution in [0.15, 0.2) is 35.5 Å². The summed E-state index contributed by atoms with van der Waals surface area (Å²) >= 11 is 1.60. The smallest absolute Gasteiger partial charge is 0.306 e. The maximum Gasteiger partial charge on any atom is 0.306 e. The molecule has 1 aromatic carbocycles. The lowest BCUT2D eigenvalue weighted by atomic mass is 10.1. The SMILES string of the molecule is CCCSc1nc(NCCNc2ccccc2)c2nnn(C3CCC(C(=O)O)C3)c2n1. The first kappa shape index (κ1) is 21.4. The largest absolute Gasteiger partial charge is 0.481 e. The van der Waals surface area contributed by atoms with Gasteiger partial charge in [-0.1, -0.05) is 42.1 Å². The van der Waals surface area contributed by atoms with Crippen LogP contribution in [0.3, 0.4) is 0 Å². The summed E-state index contributed by atoms with van der Waals surface area (Å²) in [5.41, 5.74) is 2.36. The van der Waals surface area contributed by atoms with Gasteiger partial charge in [-0.3, -0.25) is 4.79 Å². The molecule has 1 aliphatic rings. The second-order valence-corrected chi connectivity index (χ2v) is 8.69. The Balaban J connectivity index is 1.52. The summed E-state index contributed by atoms with van der Waals surface area (Å²) in [5.74, 6) is 0.514. The van der Waals surface area contributed by atoms with Crippen molar-refractivity contribution in [3.05, 3.63) is 30.3 Å². The van der Waals surface area contributed by atoms with Gasteiger partial charge < -0.3 is 15.7 Å². The van der Waals surface area contributed by atoms with Gasteiger partial charge >= 0.3 is 5.97 Å². The molecule has 2 atom stereocenters. The molecule has 10 heteroatoms. The predicted octanol–water partition coefficient (Wildman–Crippen LogP) is 3.67. The van der Waals surface area contributed by atoms with Crippen LogP contribution in [0.1, 0.15) is 38.6 Å². The first-order valence-corrected chi connectivity index (χ1v) is 11.7. The Morgan fingerprint density at radius 1 is 1.19 bits per heavy atom. The summed E-state index contributed by atoms with van der Waals surface area (Å²) in [4.78, 5) is 20.7. The van der Waals surface area contributed by atoms with E-state index < -0.39 is 5.97 Å². The number of benzene rings is 1. The van der Waals surface area contributed by atoms with E-state index in [1.807, 2.05) is 30.3 Å². The molecule has 0 aliphatic heterocycles. The summed E-state index contributed by atoms with van der Waals surface area (Å²) in [6, 6.07) is 10.0. The predicted molar refractivity (Wildman–Crippen MR) is 122 cm³/mol. The number of para-hydroxylation sites is 1. The van der Waals surface area contributed by atoms with E-state index in [0.29, 0.717) is 41.5 Å². The summed E-state index contributed by atoms with van der Waals surface area (Å²) in [6.07, 6.45) is 3.00. The minimum atomic E-state index is -0.742. The molecule has 4 rings (SSSR count). The highest BCUT2D eigenvalue weighted by molar-refractivity contribution is 7.99. The van der Waals surface area contributed by atoms with Crippen LogP contribution in [0.2, 0.25) is 0 Å². The third-order valence-electron chi connectivity index (χ3n) is 5.36. The van der Waals surface area contributed by atoms with Crippen LogP contribution in [-0.2, 0) is 4.79 Å². The van der Waals surface area contributed by atoms with Crippen molar-refractivity contribution in [3.8, 4) is 0 Å². The van der Waals surface area contributed by atoms with Crippen LogP contribution in [0, 0.1) is 5.92 Å². The highest BCUT2D eigenvalue weighted by Gasteiger charge is 2.33. The van der Waals surface area contributed by atoms with Gasteiger partial charge in [0.25, 0.3) is 0 Å². The van der Waals surface area contributed by atoms with E-state index in [-0.39, 0.29) is 12.0 Å². The molecule has 1 saturated carbocycles.